The highest BCUT2D eigenvalue weighted by molar-refractivity contribution is 5.88. The summed E-state index contributed by atoms with van der Waals surface area (Å²) in [6.45, 7) is 8.51. The predicted octanol–water partition coefficient (Wildman–Crippen LogP) is 4.75. The van der Waals surface area contributed by atoms with Crippen molar-refractivity contribution in [1.82, 2.24) is 0 Å². The molecule has 0 saturated heterocycles. The second-order valence-corrected chi connectivity index (χ2v) is 9.25. The summed E-state index contributed by atoms with van der Waals surface area (Å²) in [5, 5.41) is 9.79. The van der Waals surface area contributed by atoms with Gasteiger partial charge < -0.3 is 9.84 Å². The van der Waals surface area contributed by atoms with Crippen LogP contribution in [0.1, 0.15) is 66.2 Å². The molecule has 0 aromatic rings. The quantitative estimate of drug-likeness (QED) is 0.738. The molecule has 1 fully saturated rings. The first kappa shape index (κ1) is 19.2. The van der Waals surface area contributed by atoms with Crippen molar-refractivity contribution in [2.24, 2.45) is 28.6 Å². The molecule has 4 nitrogen and oxygen atoms in total. The topological polar surface area (TPSA) is 63.6 Å². The van der Waals surface area contributed by atoms with E-state index >= 15 is 0 Å². The van der Waals surface area contributed by atoms with Gasteiger partial charge in [-0.2, -0.15) is 0 Å². The third-order valence-electron chi connectivity index (χ3n) is 7.53. The smallest absolute Gasteiger partial charge is 0.331 e. The maximum Gasteiger partial charge on any atom is 0.331 e. The molecule has 3 aliphatic rings. The molecule has 4 unspecified atom stereocenters. The average molecular weight is 360 g/mol. The molecule has 0 heterocycles. The van der Waals surface area contributed by atoms with Crippen LogP contribution in [0.4, 0.5) is 0 Å². The normalized spacial score (nSPS) is 36.9. The number of carbonyl (C=O) groups excluding carboxylic acids is 1. The molecule has 0 spiro atoms. The van der Waals surface area contributed by atoms with E-state index in [0.717, 1.165) is 38.5 Å². The Morgan fingerprint density at radius 3 is 2.54 bits per heavy atom. The van der Waals surface area contributed by atoms with Crippen LogP contribution in [-0.2, 0) is 14.3 Å². The van der Waals surface area contributed by atoms with Crippen LogP contribution in [0.15, 0.2) is 22.8 Å². The standard InChI is InChI=1S/C22H32O4/c1-13(2)15-11-14-7-8-18-21(3,17(14)12-16(15)19(23)24)9-6-10-22(18,4)20(25)26-5/h12-13,15,18H,6-11H2,1-5H3,(H,23,24). The van der Waals surface area contributed by atoms with Crippen LogP contribution in [0.3, 0.4) is 0 Å². The van der Waals surface area contributed by atoms with Gasteiger partial charge in [-0.15, -0.1) is 0 Å². The van der Waals surface area contributed by atoms with E-state index in [4.69, 9.17) is 4.74 Å². The lowest BCUT2D eigenvalue weighted by molar-refractivity contribution is -0.163. The summed E-state index contributed by atoms with van der Waals surface area (Å²) in [7, 11) is 1.48. The molecule has 0 aliphatic heterocycles. The van der Waals surface area contributed by atoms with Gasteiger partial charge in [-0.1, -0.05) is 32.8 Å². The van der Waals surface area contributed by atoms with Crippen molar-refractivity contribution in [1.29, 1.82) is 0 Å². The number of carboxylic acids is 1. The second-order valence-electron chi connectivity index (χ2n) is 9.25. The number of hydrogen-bond donors (Lipinski definition) is 1. The van der Waals surface area contributed by atoms with E-state index in [1.54, 1.807) is 0 Å². The van der Waals surface area contributed by atoms with Gasteiger partial charge in [-0.05, 0) is 73.8 Å². The number of carboxylic acid groups (broad SMARTS) is 1. The molecule has 0 aromatic carbocycles. The Balaban J connectivity index is 2.07. The number of esters is 1. The zero-order chi connectivity index (χ0) is 19.3. The average Bonchev–Trinajstić information content (AvgIpc) is 2.59. The van der Waals surface area contributed by atoms with Crippen molar-refractivity contribution >= 4 is 11.9 Å². The van der Waals surface area contributed by atoms with Gasteiger partial charge in [0, 0.05) is 5.57 Å². The molecule has 3 rings (SSSR count). The minimum atomic E-state index is -0.799. The summed E-state index contributed by atoms with van der Waals surface area (Å²) in [5.74, 6) is -0.314. The molecular formula is C22H32O4. The van der Waals surface area contributed by atoms with Gasteiger partial charge in [0.2, 0.25) is 0 Å². The van der Waals surface area contributed by atoms with Gasteiger partial charge in [0.05, 0.1) is 12.5 Å². The van der Waals surface area contributed by atoms with Crippen LogP contribution in [0.25, 0.3) is 0 Å². The fourth-order valence-corrected chi connectivity index (χ4v) is 6.10. The van der Waals surface area contributed by atoms with Crippen molar-refractivity contribution < 1.29 is 19.4 Å². The van der Waals surface area contributed by atoms with Crippen LogP contribution in [0, 0.1) is 28.6 Å². The summed E-state index contributed by atoms with van der Waals surface area (Å²) in [6, 6.07) is 0. The van der Waals surface area contributed by atoms with Gasteiger partial charge in [0.25, 0.3) is 0 Å². The number of fused-ring (bicyclic) bond motifs is 2. The second kappa shape index (κ2) is 6.54. The number of allylic oxidation sites excluding steroid dienone is 3. The number of ether oxygens (including phenoxy) is 1. The summed E-state index contributed by atoms with van der Waals surface area (Å²) in [6.07, 6.45) is 7.62. The first-order valence-electron chi connectivity index (χ1n) is 9.91. The van der Waals surface area contributed by atoms with E-state index in [2.05, 4.69) is 20.8 Å². The first-order chi connectivity index (χ1) is 12.1. The summed E-state index contributed by atoms with van der Waals surface area (Å²) in [5.41, 5.74) is 2.55. The number of aliphatic carboxylic acids is 1. The van der Waals surface area contributed by atoms with E-state index in [1.807, 2.05) is 13.0 Å². The molecule has 0 bridgehead atoms. The van der Waals surface area contributed by atoms with Crippen LogP contribution in [0.5, 0.6) is 0 Å². The molecule has 0 amide bonds. The van der Waals surface area contributed by atoms with Gasteiger partial charge in [-0.25, -0.2) is 4.79 Å². The van der Waals surface area contributed by atoms with Gasteiger partial charge >= 0.3 is 11.9 Å². The molecule has 0 radical (unpaired) electrons. The molecule has 144 valence electrons. The Morgan fingerprint density at radius 1 is 1.27 bits per heavy atom. The zero-order valence-corrected chi connectivity index (χ0v) is 16.7. The SMILES string of the molecule is COC(=O)C1(C)CCCC2(C)C3=C(CCC12)CC(C(C)C)C(C(=O)O)=C3. The minimum absolute atomic E-state index is 0.0852. The fraction of sp³-hybridized carbons (Fsp3) is 0.727. The molecule has 3 aliphatic carbocycles. The van der Waals surface area contributed by atoms with Gasteiger partial charge in [0.1, 0.15) is 0 Å². The largest absolute Gasteiger partial charge is 0.478 e. The zero-order valence-electron chi connectivity index (χ0n) is 16.7. The third kappa shape index (κ3) is 2.73. The molecule has 1 N–H and O–H groups in total. The van der Waals surface area contributed by atoms with E-state index in [1.165, 1.54) is 18.3 Å². The van der Waals surface area contributed by atoms with E-state index < -0.39 is 11.4 Å². The Hall–Kier alpha value is -1.58. The predicted molar refractivity (Wildman–Crippen MR) is 100 cm³/mol. The molecule has 4 heteroatoms. The molecular weight excluding hydrogens is 328 g/mol. The molecule has 26 heavy (non-hydrogen) atoms. The Bertz CT molecular complexity index is 686. The monoisotopic (exact) mass is 360 g/mol. The lowest BCUT2D eigenvalue weighted by Gasteiger charge is -2.55. The Labute approximate surface area is 156 Å². The Kier molecular flexibility index (Phi) is 4.83. The highest BCUT2D eigenvalue weighted by atomic mass is 16.5. The van der Waals surface area contributed by atoms with Crippen LogP contribution in [0.2, 0.25) is 0 Å². The van der Waals surface area contributed by atoms with Crippen LogP contribution < -0.4 is 0 Å². The van der Waals surface area contributed by atoms with Crippen LogP contribution in [-0.4, -0.2) is 24.2 Å². The lowest BCUT2D eigenvalue weighted by Crippen LogP contribution is -2.51. The fourth-order valence-electron chi connectivity index (χ4n) is 6.10. The molecule has 0 aromatic heterocycles. The lowest BCUT2D eigenvalue weighted by atomic mass is 9.48. The number of methoxy groups -OCH3 is 1. The van der Waals surface area contributed by atoms with E-state index in [0.29, 0.717) is 11.5 Å². The van der Waals surface area contributed by atoms with Crippen molar-refractivity contribution in [2.75, 3.05) is 7.11 Å². The Morgan fingerprint density at radius 2 is 1.96 bits per heavy atom. The van der Waals surface area contributed by atoms with Gasteiger partial charge in [-0.3, -0.25) is 4.79 Å². The highest BCUT2D eigenvalue weighted by Gasteiger charge is 2.56. The van der Waals surface area contributed by atoms with Crippen molar-refractivity contribution in [3.8, 4) is 0 Å². The molecule has 1 saturated carbocycles. The number of hydrogen-bond acceptors (Lipinski definition) is 3. The van der Waals surface area contributed by atoms with E-state index in [-0.39, 0.29) is 23.2 Å². The minimum Gasteiger partial charge on any atom is -0.478 e. The first-order valence-corrected chi connectivity index (χ1v) is 9.91. The number of rotatable bonds is 3. The molecule has 4 atom stereocenters. The van der Waals surface area contributed by atoms with E-state index in [9.17, 15) is 14.7 Å². The summed E-state index contributed by atoms with van der Waals surface area (Å²) >= 11 is 0. The van der Waals surface area contributed by atoms with Crippen LogP contribution >= 0.6 is 0 Å². The maximum atomic E-state index is 12.6. The highest BCUT2D eigenvalue weighted by Crippen LogP contribution is 2.62. The summed E-state index contributed by atoms with van der Waals surface area (Å²) in [4.78, 5) is 24.5. The number of carbonyl (C=O) groups is 2. The van der Waals surface area contributed by atoms with Crippen molar-refractivity contribution in [2.45, 2.75) is 66.2 Å². The maximum absolute atomic E-state index is 12.6. The van der Waals surface area contributed by atoms with Crippen molar-refractivity contribution in [3.05, 3.63) is 22.8 Å². The third-order valence-corrected chi connectivity index (χ3v) is 7.53. The summed E-state index contributed by atoms with van der Waals surface area (Å²) < 4.78 is 5.17. The van der Waals surface area contributed by atoms with Gasteiger partial charge in [0.15, 0.2) is 0 Å². The van der Waals surface area contributed by atoms with Crippen molar-refractivity contribution in [3.63, 3.8) is 0 Å².